The first-order chi connectivity index (χ1) is 7.83. The van der Waals surface area contributed by atoms with Crippen molar-refractivity contribution in [3.05, 3.63) is 46.3 Å². The summed E-state index contributed by atoms with van der Waals surface area (Å²) in [4.78, 5) is 2.93. The molecule has 0 unspecified atom stereocenters. The maximum atomic E-state index is 3.43. The van der Waals surface area contributed by atoms with Crippen LogP contribution < -0.4 is 5.32 Å². The Kier molecular flexibility index (Phi) is 2.54. The Morgan fingerprint density at radius 2 is 2.00 bits per heavy atom. The number of nitrogens with one attached hydrogen (secondary N) is 1. The number of fused-ring (bicyclic) bond motifs is 1. The molecule has 0 radical (unpaired) electrons. The summed E-state index contributed by atoms with van der Waals surface area (Å²) in [6.07, 6.45) is 1.18. The predicted molar refractivity (Wildman–Crippen MR) is 69.9 cm³/mol. The second kappa shape index (κ2) is 4.04. The van der Waals surface area contributed by atoms with E-state index < -0.39 is 0 Å². The molecular weight excluding hydrogens is 214 g/mol. The van der Waals surface area contributed by atoms with Crippen LogP contribution in [0.3, 0.4) is 0 Å². The van der Waals surface area contributed by atoms with Crippen molar-refractivity contribution in [3.8, 4) is 10.4 Å². The van der Waals surface area contributed by atoms with Gasteiger partial charge >= 0.3 is 0 Å². The van der Waals surface area contributed by atoms with Crippen molar-refractivity contribution in [1.82, 2.24) is 5.32 Å². The Hall–Kier alpha value is -1.12. The van der Waals surface area contributed by atoms with E-state index in [-0.39, 0.29) is 0 Å². The van der Waals surface area contributed by atoms with E-state index in [4.69, 9.17) is 0 Å². The molecule has 0 fully saturated rings. The smallest absolute Gasteiger partial charge is 0.0349 e. The van der Waals surface area contributed by atoms with Crippen LogP contribution in [-0.2, 0) is 13.0 Å². The fourth-order valence-electron chi connectivity index (χ4n) is 2.11. The molecule has 1 nitrogen and oxygen atoms in total. The zero-order valence-corrected chi connectivity index (χ0v) is 10.2. The van der Waals surface area contributed by atoms with Gasteiger partial charge in [-0.1, -0.05) is 29.8 Å². The van der Waals surface area contributed by atoms with E-state index >= 15 is 0 Å². The molecule has 0 atom stereocenters. The lowest BCUT2D eigenvalue weighted by molar-refractivity contribution is 0.655. The van der Waals surface area contributed by atoms with E-state index in [2.05, 4.69) is 42.6 Å². The van der Waals surface area contributed by atoms with E-state index in [1.54, 1.807) is 5.56 Å². The fraction of sp³-hybridized carbons (Fsp3) is 0.286. The Morgan fingerprint density at radius 1 is 1.19 bits per heavy atom. The van der Waals surface area contributed by atoms with Gasteiger partial charge in [-0.15, -0.1) is 11.3 Å². The van der Waals surface area contributed by atoms with Gasteiger partial charge in [0.2, 0.25) is 0 Å². The maximum Gasteiger partial charge on any atom is 0.0349 e. The zero-order chi connectivity index (χ0) is 11.0. The van der Waals surface area contributed by atoms with Crippen molar-refractivity contribution in [3.63, 3.8) is 0 Å². The van der Waals surface area contributed by atoms with E-state index in [1.165, 1.54) is 27.3 Å². The number of benzene rings is 1. The van der Waals surface area contributed by atoms with Crippen molar-refractivity contribution in [1.29, 1.82) is 0 Å². The molecule has 2 heteroatoms. The van der Waals surface area contributed by atoms with Gasteiger partial charge in [0.1, 0.15) is 0 Å². The number of hydrogen-bond donors (Lipinski definition) is 1. The normalized spacial score (nSPS) is 14.8. The molecule has 1 aliphatic rings. The highest BCUT2D eigenvalue weighted by Gasteiger charge is 2.13. The van der Waals surface area contributed by atoms with Gasteiger partial charge in [0.05, 0.1) is 0 Å². The Balaban J connectivity index is 2.00. The summed E-state index contributed by atoms with van der Waals surface area (Å²) in [7, 11) is 0. The van der Waals surface area contributed by atoms with Gasteiger partial charge in [0.25, 0.3) is 0 Å². The van der Waals surface area contributed by atoms with Crippen LogP contribution in [0.25, 0.3) is 10.4 Å². The number of aryl methyl sites for hydroxylation is 1. The SMILES string of the molecule is Cc1ccc(-c2cc3c(s2)CNCC3)cc1. The molecule has 1 N–H and O–H groups in total. The van der Waals surface area contributed by atoms with Crippen molar-refractivity contribution >= 4 is 11.3 Å². The Bertz CT molecular complexity index is 472. The standard InChI is InChI=1S/C14H15NS/c1-10-2-4-11(5-3-10)13-8-12-6-7-15-9-14(12)16-13/h2-5,8,15H,6-7,9H2,1H3. The van der Waals surface area contributed by atoms with Gasteiger partial charge in [-0.3, -0.25) is 0 Å². The number of hydrogen-bond acceptors (Lipinski definition) is 2. The third-order valence-electron chi connectivity index (χ3n) is 3.09. The minimum absolute atomic E-state index is 1.05. The van der Waals surface area contributed by atoms with Crippen LogP contribution in [0.2, 0.25) is 0 Å². The molecule has 82 valence electrons. The van der Waals surface area contributed by atoms with Gasteiger partial charge in [-0.25, -0.2) is 0 Å². The first-order valence-electron chi connectivity index (χ1n) is 5.72. The molecule has 16 heavy (non-hydrogen) atoms. The highest BCUT2D eigenvalue weighted by atomic mass is 32.1. The van der Waals surface area contributed by atoms with Crippen LogP contribution in [0.5, 0.6) is 0 Å². The Labute approximate surface area is 100 Å². The van der Waals surface area contributed by atoms with Crippen LogP contribution in [-0.4, -0.2) is 6.54 Å². The largest absolute Gasteiger partial charge is 0.312 e. The molecule has 3 rings (SSSR count). The molecule has 0 amide bonds. The molecule has 0 saturated carbocycles. The third kappa shape index (κ3) is 1.79. The van der Waals surface area contributed by atoms with E-state index in [0.717, 1.165) is 13.1 Å². The van der Waals surface area contributed by atoms with Gasteiger partial charge in [-0.2, -0.15) is 0 Å². The van der Waals surface area contributed by atoms with Gasteiger partial charge in [0, 0.05) is 16.3 Å². The summed E-state index contributed by atoms with van der Waals surface area (Å²) < 4.78 is 0. The average Bonchev–Trinajstić information content (AvgIpc) is 2.73. The summed E-state index contributed by atoms with van der Waals surface area (Å²) >= 11 is 1.93. The van der Waals surface area contributed by atoms with E-state index in [1.807, 2.05) is 11.3 Å². The molecule has 1 aliphatic heterocycles. The summed E-state index contributed by atoms with van der Waals surface area (Å²) in [5.74, 6) is 0. The van der Waals surface area contributed by atoms with Crippen molar-refractivity contribution in [2.24, 2.45) is 0 Å². The van der Waals surface area contributed by atoms with Crippen LogP contribution in [0.4, 0.5) is 0 Å². The molecule has 2 aromatic rings. The molecular formula is C14H15NS. The molecule has 0 aliphatic carbocycles. The van der Waals surface area contributed by atoms with Gasteiger partial charge in [-0.05, 0) is 37.1 Å². The minimum atomic E-state index is 1.05. The predicted octanol–water partition coefficient (Wildman–Crippen LogP) is 3.37. The van der Waals surface area contributed by atoms with Crippen molar-refractivity contribution in [2.75, 3.05) is 6.54 Å². The lowest BCUT2D eigenvalue weighted by Crippen LogP contribution is -2.21. The molecule has 0 bridgehead atoms. The number of rotatable bonds is 1. The highest BCUT2D eigenvalue weighted by molar-refractivity contribution is 7.15. The van der Waals surface area contributed by atoms with Crippen LogP contribution >= 0.6 is 11.3 Å². The summed E-state index contributed by atoms with van der Waals surface area (Å²) in [5, 5.41) is 3.43. The second-order valence-electron chi connectivity index (χ2n) is 4.35. The molecule has 2 heterocycles. The molecule has 0 spiro atoms. The summed E-state index contributed by atoms with van der Waals surface area (Å²) in [5.41, 5.74) is 4.22. The molecule has 0 saturated heterocycles. The topological polar surface area (TPSA) is 12.0 Å². The monoisotopic (exact) mass is 229 g/mol. The van der Waals surface area contributed by atoms with Crippen LogP contribution in [0, 0.1) is 6.92 Å². The van der Waals surface area contributed by atoms with Crippen molar-refractivity contribution in [2.45, 2.75) is 19.9 Å². The third-order valence-corrected chi connectivity index (χ3v) is 4.32. The van der Waals surface area contributed by atoms with E-state index in [0.29, 0.717) is 0 Å². The van der Waals surface area contributed by atoms with Crippen LogP contribution in [0.1, 0.15) is 16.0 Å². The molecule has 1 aromatic heterocycles. The van der Waals surface area contributed by atoms with E-state index in [9.17, 15) is 0 Å². The van der Waals surface area contributed by atoms with Crippen LogP contribution in [0.15, 0.2) is 30.3 Å². The van der Waals surface area contributed by atoms with Crippen molar-refractivity contribution < 1.29 is 0 Å². The second-order valence-corrected chi connectivity index (χ2v) is 5.49. The highest BCUT2D eigenvalue weighted by Crippen LogP contribution is 2.33. The maximum absolute atomic E-state index is 3.43. The first kappa shape index (κ1) is 10.1. The zero-order valence-electron chi connectivity index (χ0n) is 9.42. The quantitative estimate of drug-likeness (QED) is 0.790. The lowest BCUT2D eigenvalue weighted by Gasteiger charge is -2.10. The van der Waals surface area contributed by atoms with Gasteiger partial charge < -0.3 is 5.32 Å². The molecule has 1 aromatic carbocycles. The summed E-state index contributed by atoms with van der Waals surface area (Å²) in [6, 6.07) is 11.2. The first-order valence-corrected chi connectivity index (χ1v) is 6.54. The average molecular weight is 229 g/mol. The minimum Gasteiger partial charge on any atom is -0.312 e. The summed E-state index contributed by atoms with van der Waals surface area (Å²) in [6.45, 7) is 4.30. The lowest BCUT2D eigenvalue weighted by atomic mass is 10.1. The Morgan fingerprint density at radius 3 is 2.75 bits per heavy atom. The fourth-order valence-corrected chi connectivity index (χ4v) is 3.30. The number of thiophene rings is 1. The van der Waals surface area contributed by atoms with Gasteiger partial charge in [0.15, 0.2) is 0 Å².